The van der Waals surface area contributed by atoms with Gasteiger partial charge in [0, 0.05) is 31.4 Å². The first kappa shape index (κ1) is 21.4. The molecule has 3 atom stereocenters. The number of Topliss-reactive ketones (excluding diaryl/α,β-unsaturated/α-hetero) is 1. The Bertz CT molecular complexity index is 660. The molecule has 7 heteroatoms. The summed E-state index contributed by atoms with van der Waals surface area (Å²) in [6.07, 6.45) is 7.57. The molecular formula is C23H32O7. The van der Waals surface area contributed by atoms with E-state index in [0.29, 0.717) is 42.6 Å². The fourth-order valence-corrected chi connectivity index (χ4v) is 4.01. The molecule has 3 aliphatic heterocycles. The summed E-state index contributed by atoms with van der Waals surface area (Å²) in [5.74, 6) is 1.28. The average molecular weight is 421 g/mol. The summed E-state index contributed by atoms with van der Waals surface area (Å²) >= 11 is 0. The first-order valence-electron chi connectivity index (χ1n) is 11.2. The minimum Gasteiger partial charge on any atom is -0.465 e. The van der Waals surface area contributed by atoms with Gasteiger partial charge in [0.15, 0.2) is 24.7 Å². The number of rotatable bonds is 7. The second-order valence-corrected chi connectivity index (χ2v) is 8.09. The van der Waals surface area contributed by atoms with Crippen molar-refractivity contribution in [2.24, 2.45) is 0 Å². The minimum absolute atomic E-state index is 0.132. The van der Waals surface area contributed by atoms with Crippen LogP contribution < -0.4 is 14.2 Å². The summed E-state index contributed by atoms with van der Waals surface area (Å²) in [6, 6.07) is 3.50. The van der Waals surface area contributed by atoms with Crippen molar-refractivity contribution < 1.29 is 33.2 Å². The predicted molar refractivity (Wildman–Crippen MR) is 109 cm³/mol. The monoisotopic (exact) mass is 420 g/mol. The third kappa shape index (κ3) is 5.65. The van der Waals surface area contributed by atoms with E-state index in [1.54, 1.807) is 12.1 Å². The van der Waals surface area contributed by atoms with E-state index in [9.17, 15) is 4.79 Å². The van der Waals surface area contributed by atoms with Crippen LogP contribution in [0.2, 0.25) is 0 Å². The summed E-state index contributed by atoms with van der Waals surface area (Å²) in [5.41, 5.74) is 0.398. The topological polar surface area (TPSA) is 72.5 Å². The van der Waals surface area contributed by atoms with Crippen molar-refractivity contribution in [2.75, 3.05) is 19.8 Å². The number of carbonyl (C=O) groups excluding carboxylic acids is 1. The number of hydrogen-bond acceptors (Lipinski definition) is 7. The van der Waals surface area contributed by atoms with Crippen LogP contribution in [0.3, 0.4) is 0 Å². The number of carbonyl (C=O) groups is 1. The lowest BCUT2D eigenvalue weighted by Gasteiger charge is -2.28. The zero-order valence-electron chi connectivity index (χ0n) is 17.7. The zero-order chi connectivity index (χ0) is 20.8. The van der Waals surface area contributed by atoms with E-state index < -0.39 is 0 Å². The van der Waals surface area contributed by atoms with Crippen LogP contribution >= 0.6 is 0 Å². The van der Waals surface area contributed by atoms with Gasteiger partial charge in [-0.1, -0.05) is 0 Å². The van der Waals surface area contributed by atoms with Gasteiger partial charge in [0.2, 0.25) is 0 Å². The van der Waals surface area contributed by atoms with Gasteiger partial charge in [0.05, 0.1) is 19.8 Å². The molecule has 0 bridgehead atoms. The maximum absolute atomic E-state index is 12.6. The second kappa shape index (κ2) is 10.5. The van der Waals surface area contributed by atoms with E-state index in [1.165, 1.54) is 6.92 Å². The summed E-state index contributed by atoms with van der Waals surface area (Å²) in [6.45, 7) is 3.52. The van der Waals surface area contributed by atoms with Crippen LogP contribution in [0.5, 0.6) is 17.2 Å². The molecule has 3 saturated heterocycles. The molecule has 7 nitrogen and oxygen atoms in total. The molecule has 0 saturated carbocycles. The van der Waals surface area contributed by atoms with Crippen LogP contribution in [-0.2, 0) is 14.2 Å². The molecule has 3 aliphatic rings. The van der Waals surface area contributed by atoms with E-state index in [0.717, 1.165) is 57.8 Å². The van der Waals surface area contributed by atoms with Gasteiger partial charge in [-0.3, -0.25) is 4.79 Å². The first-order chi connectivity index (χ1) is 14.7. The molecule has 4 rings (SSSR count). The summed E-state index contributed by atoms with van der Waals surface area (Å²) < 4.78 is 35.5. The fraction of sp³-hybridized carbons (Fsp3) is 0.696. The number of benzene rings is 1. The van der Waals surface area contributed by atoms with Crippen molar-refractivity contribution in [3.63, 3.8) is 0 Å². The Hall–Kier alpha value is -1.83. The van der Waals surface area contributed by atoms with Gasteiger partial charge in [0.1, 0.15) is 22.8 Å². The van der Waals surface area contributed by atoms with Gasteiger partial charge >= 0.3 is 0 Å². The first-order valence-corrected chi connectivity index (χ1v) is 11.2. The van der Waals surface area contributed by atoms with Crippen LogP contribution in [0.15, 0.2) is 12.1 Å². The molecule has 3 fully saturated rings. The Morgan fingerprint density at radius 3 is 1.53 bits per heavy atom. The normalized spacial score (nSPS) is 27.3. The molecule has 0 aromatic heterocycles. The van der Waals surface area contributed by atoms with E-state index in [2.05, 4.69) is 0 Å². The fourth-order valence-electron chi connectivity index (χ4n) is 4.01. The molecule has 1 aromatic carbocycles. The van der Waals surface area contributed by atoms with Gasteiger partial charge in [-0.25, -0.2) is 0 Å². The van der Waals surface area contributed by atoms with E-state index in [-0.39, 0.29) is 24.7 Å². The molecule has 0 amide bonds. The third-order valence-electron chi connectivity index (χ3n) is 5.59. The molecule has 3 unspecified atom stereocenters. The van der Waals surface area contributed by atoms with Crippen molar-refractivity contribution >= 4 is 5.78 Å². The van der Waals surface area contributed by atoms with Crippen LogP contribution in [0, 0.1) is 0 Å². The smallest absolute Gasteiger partial charge is 0.199 e. The SMILES string of the molecule is CC(=O)c1c(OC2CCCCO2)cc(OC2CCCCO2)cc1OC1CCCCO1. The van der Waals surface area contributed by atoms with Gasteiger partial charge in [0.25, 0.3) is 0 Å². The minimum atomic E-state index is -0.378. The number of ketones is 1. The predicted octanol–water partition coefficient (Wildman–Crippen LogP) is 4.61. The lowest BCUT2D eigenvalue weighted by atomic mass is 10.1. The largest absolute Gasteiger partial charge is 0.465 e. The molecule has 0 N–H and O–H groups in total. The standard InChI is InChI=1S/C23H32O7/c1-16(24)23-18(29-21-9-3-6-12-26-21)14-17(28-20-8-2-5-11-25-20)15-19(23)30-22-10-4-7-13-27-22/h14-15,20-22H,2-13H2,1H3. The molecule has 3 heterocycles. The Morgan fingerprint density at radius 1 is 0.733 bits per heavy atom. The Balaban J connectivity index is 1.62. The van der Waals surface area contributed by atoms with Crippen LogP contribution in [-0.4, -0.2) is 44.5 Å². The van der Waals surface area contributed by atoms with Crippen molar-refractivity contribution in [3.8, 4) is 17.2 Å². The highest BCUT2D eigenvalue weighted by Crippen LogP contribution is 2.38. The molecular weight excluding hydrogens is 388 g/mol. The highest BCUT2D eigenvalue weighted by atomic mass is 16.7. The van der Waals surface area contributed by atoms with Gasteiger partial charge < -0.3 is 28.4 Å². The second-order valence-electron chi connectivity index (χ2n) is 8.09. The Morgan fingerprint density at radius 2 is 1.17 bits per heavy atom. The zero-order valence-corrected chi connectivity index (χ0v) is 17.7. The van der Waals surface area contributed by atoms with Gasteiger partial charge in [-0.2, -0.15) is 0 Å². The van der Waals surface area contributed by atoms with Crippen molar-refractivity contribution in [1.29, 1.82) is 0 Å². The summed E-state index contributed by atoms with van der Waals surface area (Å²) in [4.78, 5) is 12.6. The Labute approximate surface area is 177 Å². The maximum atomic E-state index is 12.6. The molecule has 1 aromatic rings. The average Bonchev–Trinajstić information content (AvgIpc) is 2.75. The molecule has 0 aliphatic carbocycles. The quantitative estimate of drug-likeness (QED) is 0.597. The molecule has 30 heavy (non-hydrogen) atoms. The molecule has 166 valence electrons. The van der Waals surface area contributed by atoms with Gasteiger partial charge in [-0.15, -0.1) is 0 Å². The lowest BCUT2D eigenvalue weighted by molar-refractivity contribution is -0.112. The van der Waals surface area contributed by atoms with Gasteiger partial charge in [-0.05, 0) is 45.4 Å². The third-order valence-corrected chi connectivity index (χ3v) is 5.59. The van der Waals surface area contributed by atoms with Crippen LogP contribution in [0.25, 0.3) is 0 Å². The number of ether oxygens (including phenoxy) is 6. The molecule has 0 radical (unpaired) electrons. The lowest BCUT2D eigenvalue weighted by Crippen LogP contribution is -2.28. The van der Waals surface area contributed by atoms with Crippen molar-refractivity contribution in [2.45, 2.75) is 83.6 Å². The Kier molecular flexibility index (Phi) is 7.47. The molecule has 0 spiro atoms. The van der Waals surface area contributed by atoms with Crippen molar-refractivity contribution in [1.82, 2.24) is 0 Å². The van der Waals surface area contributed by atoms with Crippen LogP contribution in [0.4, 0.5) is 0 Å². The number of hydrogen-bond donors (Lipinski definition) is 0. The van der Waals surface area contributed by atoms with Crippen LogP contribution in [0.1, 0.15) is 75.1 Å². The highest BCUT2D eigenvalue weighted by molar-refractivity contribution is 6.00. The summed E-state index contributed by atoms with van der Waals surface area (Å²) in [5, 5.41) is 0. The van der Waals surface area contributed by atoms with E-state index >= 15 is 0 Å². The summed E-state index contributed by atoms with van der Waals surface area (Å²) in [7, 11) is 0. The van der Waals surface area contributed by atoms with E-state index in [1.807, 2.05) is 0 Å². The van der Waals surface area contributed by atoms with Crippen molar-refractivity contribution in [3.05, 3.63) is 17.7 Å². The maximum Gasteiger partial charge on any atom is 0.199 e. The van der Waals surface area contributed by atoms with E-state index in [4.69, 9.17) is 28.4 Å². The highest BCUT2D eigenvalue weighted by Gasteiger charge is 2.26.